The molecule has 1 atom stereocenters. The molecule has 1 aromatic rings. The van der Waals surface area contributed by atoms with Crippen LogP contribution in [-0.4, -0.2) is 24.2 Å². The van der Waals surface area contributed by atoms with Crippen molar-refractivity contribution < 1.29 is 23.5 Å². The molecule has 2 rings (SSSR count). The minimum atomic E-state index is -0.680. The summed E-state index contributed by atoms with van der Waals surface area (Å²) in [6, 6.07) is 4.01. The second-order valence-corrected chi connectivity index (χ2v) is 5.89. The lowest BCUT2D eigenvalue weighted by atomic mass is 10.1. The van der Waals surface area contributed by atoms with Gasteiger partial charge in [0.2, 0.25) is 0 Å². The van der Waals surface area contributed by atoms with Gasteiger partial charge >= 0.3 is 12.1 Å². The number of rotatable bonds is 1. The highest BCUT2D eigenvalue weighted by molar-refractivity contribution is 5.91. The molecule has 0 aliphatic carbocycles. The second kappa shape index (κ2) is 5.35. The van der Waals surface area contributed by atoms with Crippen LogP contribution < -0.4 is 4.90 Å². The Balaban J connectivity index is 2.31. The smallest absolute Gasteiger partial charge is 0.414 e. The Bertz CT molecular complexity index is 580. The predicted molar refractivity (Wildman–Crippen MR) is 74.5 cm³/mol. The fourth-order valence-electron chi connectivity index (χ4n) is 2.18. The zero-order valence-electron chi connectivity index (χ0n) is 12.5. The molecule has 1 aliphatic rings. The van der Waals surface area contributed by atoms with Gasteiger partial charge in [0.15, 0.2) is 0 Å². The number of amides is 1. The molecule has 1 amide bonds. The molecule has 1 aromatic carbocycles. The summed E-state index contributed by atoms with van der Waals surface area (Å²) in [4.78, 5) is 24.7. The van der Waals surface area contributed by atoms with Crippen molar-refractivity contribution in [2.45, 2.75) is 39.4 Å². The monoisotopic (exact) mass is 295 g/mol. The Morgan fingerprint density at radius 2 is 2.00 bits per heavy atom. The van der Waals surface area contributed by atoms with Gasteiger partial charge in [-0.25, -0.2) is 9.18 Å². The van der Waals surface area contributed by atoms with E-state index in [0.717, 1.165) is 0 Å². The third kappa shape index (κ3) is 3.51. The van der Waals surface area contributed by atoms with Gasteiger partial charge in [-0.05, 0) is 39.0 Å². The van der Waals surface area contributed by atoms with Crippen molar-refractivity contribution in [3.63, 3.8) is 0 Å². The molecule has 21 heavy (non-hydrogen) atoms. The van der Waals surface area contributed by atoms with Crippen LogP contribution in [0.25, 0.3) is 0 Å². The molecule has 0 spiro atoms. The van der Waals surface area contributed by atoms with Crippen molar-refractivity contribution in [2.24, 2.45) is 0 Å². The van der Waals surface area contributed by atoms with E-state index < -0.39 is 29.6 Å². The number of ether oxygens (including phenoxy) is 2. The molecule has 5 nitrogen and oxygen atoms in total. The standard InChI is InChI=1S/C15H18FNO4/c1-9(18)20-13-8-17(14(19)21-15(2,3)4)12-6-5-10(16)7-11(12)13/h5-7,13H,8H2,1-4H3. The molecule has 1 unspecified atom stereocenters. The summed E-state index contributed by atoms with van der Waals surface area (Å²) in [7, 11) is 0. The lowest BCUT2D eigenvalue weighted by molar-refractivity contribution is -0.145. The average molecular weight is 295 g/mol. The van der Waals surface area contributed by atoms with Crippen molar-refractivity contribution >= 4 is 17.7 Å². The van der Waals surface area contributed by atoms with E-state index in [9.17, 15) is 14.0 Å². The first-order valence-corrected chi connectivity index (χ1v) is 6.64. The van der Waals surface area contributed by atoms with E-state index in [2.05, 4.69) is 0 Å². The number of nitrogens with zero attached hydrogens (tertiary/aromatic N) is 1. The summed E-state index contributed by atoms with van der Waals surface area (Å²) in [5.74, 6) is -0.932. The summed E-state index contributed by atoms with van der Waals surface area (Å²) < 4.78 is 23.9. The molecule has 0 saturated carbocycles. The zero-order valence-corrected chi connectivity index (χ0v) is 12.5. The summed E-state index contributed by atoms with van der Waals surface area (Å²) in [5.41, 5.74) is 0.324. The molecule has 0 N–H and O–H groups in total. The average Bonchev–Trinajstić information content (AvgIpc) is 2.65. The van der Waals surface area contributed by atoms with Crippen molar-refractivity contribution in [1.29, 1.82) is 0 Å². The van der Waals surface area contributed by atoms with Crippen LogP contribution in [0.2, 0.25) is 0 Å². The Labute approximate surface area is 122 Å². The van der Waals surface area contributed by atoms with E-state index in [1.807, 2.05) is 0 Å². The van der Waals surface area contributed by atoms with Crippen LogP contribution in [0.1, 0.15) is 39.4 Å². The van der Waals surface area contributed by atoms with Gasteiger partial charge in [0.1, 0.15) is 17.5 Å². The van der Waals surface area contributed by atoms with Gasteiger partial charge in [-0.1, -0.05) is 0 Å². The van der Waals surface area contributed by atoms with Crippen LogP contribution in [0, 0.1) is 5.82 Å². The van der Waals surface area contributed by atoms with Gasteiger partial charge in [0.05, 0.1) is 12.2 Å². The first kappa shape index (κ1) is 15.3. The predicted octanol–water partition coefficient (Wildman–Crippen LogP) is 3.19. The number of hydrogen-bond donors (Lipinski definition) is 0. The second-order valence-electron chi connectivity index (χ2n) is 5.89. The summed E-state index contributed by atoms with van der Waals surface area (Å²) in [6.07, 6.45) is -1.23. The quantitative estimate of drug-likeness (QED) is 0.747. The van der Waals surface area contributed by atoms with E-state index in [4.69, 9.17) is 9.47 Å². The number of benzene rings is 1. The Morgan fingerprint density at radius 3 is 2.57 bits per heavy atom. The minimum Gasteiger partial charge on any atom is -0.456 e. The van der Waals surface area contributed by atoms with Crippen LogP contribution in [0.15, 0.2) is 18.2 Å². The first-order chi connectivity index (χ1) is 9.67. The minimum absolute atomic E-state index is 0.118. The van der Waals surface area contributed by atoms with Crippen LogP contribution in [0.4, 0.5) is 14.9 Å². The van der Waals surface area contributed by atoms with Crippen LogP contribution in [0.5, 0.6) is 0 Å². The van der Waals surface area contributed by atoms with Crippen molar-refractivity contribution in [3.8, 4) is 0 Å². The largest absolute Gasteiger partial charge is 0.456 e. The fraction of sp³-hybridized carbons (Fsp3) is 0.467. The molecule has 1 heterocycles. The van der Waals surface area contributed by atoms with E-state index in [1.54, 1.807) is 20.8 Å². The number of hydrogen-bond acceptors (Lipinski definition) is 4. The topological polar surface area (TPSA) is 55.8 Å². The maximum absolute atomic E-state index is 13.4. The van der Waals surface area contributed by atoms with Gasteiger partial charge in [-0.3, -0.25) is 9.69 Å². The van der Waals surface area contributed by atoms with Gasteiger partial charge in [-0.2, -0.15) is 0 Å². The molecule has 1 aliphatic heterocycles. The molecule has 0 radical (unpaired) electrons. The van der Waals surface area contributed by atoms with E-state index in [0.29, 0.717) is 11.3 Å². The van der Waals surface area contributed by atoms with Gasteiger partial charge < -0.3 is 9.47 Å². The molecule has 6 heteroatoms. The number of carbonyl (C=O) groups excluding carboxylic acids is 2. The molecule has 0 aromatic heterocycles. The SMILES string of the molecule is CC(=O)OC1CN(C(=O)OC(C)(C)C)c2ccc(F)cc21. The van der Waals surface area contributed by atoms with Crippen molar-refractivity contribution in [1.82, 2.24) is 0 Å². The molecule has 0 bridgehead atoms. The molecule has 114 valence electrons. The van der Waals surface area contributed by atoms with E-state index in [-0.39, 0.29) is 6.54 Å². The number of carbonyl (C=O) groups is 2. The highest BCUT2D eigenvalue weighted by Crippen LogP contribution is 2.38. The zero-order chi connectivity index (χ0) is 15.8. The highest BCUT2D eigenvalue weighted by Gasteiger charge is 2.36. The number of halogens is 1. The van der Waals surface area contributed by atoms with E-state index in [1.165, 1.54) is 30.0 Å². The lowest BCUT2D eigenvalue weighted by Crippen LogP contribution is -2.36. The Morgan fingerprint density at radius 1 is 1.33 bits per heavy atom. The molecular weight excluding hydrogens is 277 g/mol. The maximum atomic E-state index is 13.4. The third-order valence-electron chi connectivity index (χ3n) is 2.90. The summed E-state index contributed by atoms with van der Waals surface area (Å²) in [6.45, 7) is 6.67. The van der Waals surface area contributed by atoms with Crippen LogP contribution in [0.3, 0.4) is 0 Å². The number of fused-ring (bicyclic) bond motifs is 1. The van der Waals surface area contributed by atoms with Crippen LogP contribution >= 0.6 is 0 Å². The van der Waals surface area contributed by atoms with Crippen molar-refractivity contribution in [3.05, 3.63) is 29.6 Å². The number of esters is 1. The lowest BCUT2D eigenvalue weighted by Gasteiger charge is -2.24. The summed E-state index contributed by atoms with van der Waals surface area (Å²) >= 11 is 0. The first-order valence-electron chi connectivity index (χ1n) is 6.64. The van der Waals surface area contributed by atoms with Gasteiger partial charge in [0.25, 0.3) is 0 Å². The van der Waals surface area contributed by atoms with Gasteiger partial charge in [-0.15, -0.1) is 0 Å². The molecular formula is C15H18FNO4. The Kier molecular flexibility index (Phi) is 3.89. The van der Waals surface area contributed by atoms with Crippen LogP contribution in [-0.2, 0) is 14.3 Å². The highest BCUT2D eigenvalue weighted by atomic mass is 19.1. The molecule has 0 fully saturated rings. The summed E-state index contributed by atoms with van der Waals surface area (Å²) in [5, 5.41) is 0. The van der Waals surface area contributed by atoms with Crippen molar-refractivity contribution in [2.75, 3.05) is 11.4 Å². The third-order valence-corrected chi connectivity index (χ3v) is 2.90. The number of anilines is 1. The maximum Gasteiger partial charge on any atom is 0.414 e. The normalized spacial score (nSPS) is 17.4. The molecule has 0 saturated heterocycles. The van der Waals surface area contributed by atoms with E-state index >= 15 is 0 Å². The Hall–Kier alpha value is -2.11. The van der Waals surface area contributed by atoms with Gasteiger partial charge in [0, 0.05) is 12.5 Å². The fourth-order valence-corrected chi connectivity index (χ4v) is 2.18.